The molecule has 3 heterocycles. The fourth-order valence-corrected chi connectivity index (χ4v) is 5.74. The van der Waals surface area contributed by atoms with E-state index < -0.39 is 29.8 Å². The van der Waals surface area contributed by atoms with Crippen molar-refractivity contribution in [1.29, 1.82) is 5.26 Å². The number of hydrogen-bond acceptors (Lipinski definition) is 9. The summed E-state index contributed by atoms with van der Waals surface area (Å²) in [5.74, 6) is -1.52. The molecule has 3 aromatic carbocycles. The molecular weight excluding hydrogens is 660 g/mol. The van der Waals surface area contributed by atoms with Gasteiger partial charge in [-0.25, -0.2) is 4.98 Å². The van der Waals surface area contributed by atoms with E-state index in [1.807, 2.05) is 0 Å². The SMILES string of the molecule is N#CCCn1cc(-c2ccc(NC(=O)[C@@H]3COCCN3C(=O)[C@H](NC(=O)c3cnccn3)c3ccccc3)cc2)c(-c2cc(Cl)ccc2O)n1. The van der Waals surface area contributed by atoms with E-state index in [2.05, 4.69) is 31.8 Å². The second kappa shape index (κ2) is 15.4. The highest BCUT2D eigenvalue weighted by atomic mass is 35.5. The van der Waals surface area contributed by atoms with Crippen molar-refractivity contribution >= 4 is 35.0 Å². The molecule has 0 bridgehead atoms. The summed E-state index contributed by atoms with van der Waals surface area (Å²) in [6, 6.07) is 20.5. The number of nitrogens with one attached hydrogen (secondary N) is 2. The van der Waals surface area contributed by atoms with E-state index in [1.54, 1.807) is 77.6 Å². The lowest BCUT2D eigenvalue weighted by Crippen LogP contribution is -2.57. The Morgan fingerprint density at radius 3 is 2.60 bits per heavy atom. The Labute approximate surface area is 292 Å². The van der Waals surface area contributed by atoms with Crippen LogP contribution >= 0.6 is 11.6 Å². The third-order valence-electron chi connectivity index (χ3n) is 8.06. The van der Waals surface area contributed by atoms with Crippen molar-refractivity contribution in [3.63, 3.8) is 0 Å². The van der Waals surface area contributed by atoms with Crippen LogP contribution in [0.4, 0.5) is 5.69 Å². The van der Waals surface area contributed by atoms with Crippen LogP contribution in [0, 0.1) is 11.3 Å². The Balaban J connectivity index is 1.22. The normalized spacial score (nSPS) is 14.7. The largest absolute Gasteiger partial charge is 0.507 e. The van der Waals surface area contributed by atoms with Gasteiger partial charge in [-0.1, -0.05) is 54.1 Å². The van der Waals surface area contributed by atoms with E-state index in [0.29, 0.717) is 39.6 Å². The first kappa shape index (κ1) is 33.8. The maximum Gasteiger partial charge on any atom is 0.272 e. The van der Waals surface area contributed by atoms with Crippen molar-refractivity contribution in [1.82, 2.24) is 30.0 Å². The van der Waals surface area contributed by atoms with Crippen molar-refractivity contribution in [3.05, 3.63) is 114 Å². The minimum absolute atomic E-state index is 0.00155. The van der Waals surface area contributed by atoms with E-state index in [-0.39, 0.29) is 37.6 Å². The number of hydrogen-bond donors (Lipinski definition) is 3. The van der Waals surface area contributed by atoms with Gasteiger partial charge in [0.1, 0.15) is 29.2 Å². The molecule has 0 saturated carbocycles. The number of aryl methyl sites for hydroxylation is 1. The molecule has 0 unspecified atom stereocenters. The predicted octanol–water partition coefficient (Wildman–Crippen LogP) is 4.62. The minimum atomic E-state index is -1.10. The molecule has 0 aliphatic carbocycles. The number of ether oxygens (including phenoxy) is 1. The monoisotopic (exact) mass is 690 g/mol. The van der Waals surface area contributed by atoms with Crippen LogP contribution in [0.1, 0.15) is 28.5 Å². The summed E-state index contributed by atoms with van der Waals surface area (Å²) in [6.45, 7) is 0.669. The smallest absolute Gasteiger partial charge is 0.272 e. The van der Waals surface area contributed by atoms with Crippen molar-refractivity contribution in [2.45, 2.75) is 25.0 Å². The zero-order chi connectivity index (χ0) is 35.0. The van der Waals surface area contributed by atoms with E-state index >= 15 is 0 Å². The fourth-order valence-electron chi connectivity index (χ4n) is 5.57. The number of amides is 3. The van der Waals surface area contributed by atoms with Gasteiger partial charge in [0.05, 0.1) is 38.4 Å². The van der Waals surface area contributed by atoms with Crippen LogP contribution in [0.2, 0.25) is 5.02 Å². The topological polar surface area (TPSA) is 175 Å². The van der Waals surface area contributed by atoms with Gasteiger partial charge in [0, 0.05) is 47.0 Å². The van der Waals surface area contributed by atoms with E-state index in [0.717, 1.165) is 5.56 Å². The van der Waals surface area contributed by atoms with Gasteiger partial charge in [-0.05, 0) is 41.5 Å². The summed E-state index contributed by atoms with van der Waals surface area (Å²) in [5.41, 5.74) is 3.40. The highest BCUT2D eigenvalue weighted by Gasteiger charge is 2.37. The molecule has 0 spiro atoms. The van der Waals surface area contributed by atoms with Crippen LogP contribution in [0.15, 0.2) is 97.6 Å². The Kier molecular flexibility index (Phi) is 10.4. The Morgan fingerprint density at radius 1 is 1.06 bits per heavy atom. The lowest BCUT2D eigenvalue weighted by molar-refractivity contribution is -0.148. The average Bonchev–Trinajstić information content (AvgIpc) is 3.58. The molecule has 3 amide bonds. The molecule has 0 radical (unpaired) electrons. The molecule has 1 saturated heterocycles. The third-order valence-corrected chi connectivity index (χ3v) is 8.29. The molecule has 252 valence electrons. The molecular formula is C36H31ClN8O5. The van der Waals surface area contributed by atoms with Crippen LogP contribution in [0.3, 0.4) is 0 Å². The van der Waals surface area contributed by atoms with Crippen LogP contribution in [-0.4, -0.2) is 73.3 Å². The summed E-state index contributed by atoms with van der Waals surface area (Å²) >= 11 is 6.23. The zero-order valence-electron chi connectivity index (χ0n) is 26.6. The number of rotatable bonds is 10. The number of benzene rings is 3. The summed E-state index contributed by atoms with van der Waals surface area (Å²) in [7, 11) is 0. The number of aromatic nitrogens is 4. The lowest BCUT2D eigenvalue weighted by atomic mass is 10.0. The number of phenolic OH excluding ortho intramolecular Hbond substituents is 1. The second-order valence-corrected chi connectivity index (χ2v) is 11.8. The molecule has 1 aliphatic rings. The number of phenols is 1. The number of carbonyl (C=O) groups is 3. The molecule has 6 rings (SSSR count). The fraction of sp³-hybridized carbons (Fsp3) is 0.194. The quantitative estimate of drug-likeness (QED) is 0.189. The molecule has 13 nitrogen and oxygen atoms in total. The van der Waals surface area contributed by atoms with Crippen molar-refractivity contribution < 1.29 is 24.2 Å². The van der Waals surface area contributed by atoms with Gasteiger partial charge in [-0.15, -0.1) is 0 Å². The van der Waals surface area contributed by atoms with Crippen LogP contribution in [0.5, 0.6) is 5.75 Å². The number of nitriles is 1. The van der Waals surface area contributed by atoms with Gasteiger partial charge in [0.25, 0.3) is 11.8 Å². The molecule has 5 aromatic rings. The molecule has 14 heteroatoms. The molecule has 2 atom stereocenters. The standard InChI is InChI=1S/C36H31ClN8O5/c37-25-9-12-31(46)27(19-25)33-28(21-44(43-33)16-4-13-38)23-7-10-26(11-8-23)41-35(48)30-22-50-18-17-45(30)36(49)32(24-5-2-1-3-6-24)42-34(47)29-20-39-14-15-40-29/h1-3,5-12,14-15,19-21,30,32,46H,4,16-18,22H2,(H,41,48)(H,42,47)/t30-,32+/m0/s1. The summed E-state index contributed by atoms with van der Waals surface area (Å²) < 4.78 is 7.25. The number of nitrogens with zero attached hydrogens (tertiary/aromatic N) is 6. The number of aromatic hydroxyl groups is 1. The molecule has 1 fully saturated rings. The molecule has 1 aliphatic heterocycles. The lowest BCUT2D eigenvalue weighted by Gasteiger charge is -2.37. The maximum atomic E-state index is 14.1. The van der Waals surface area contributed by atoms with E-state index in [9.17, 15) is 19.5 Å². The van der Waals surface area contributed by atoms with Gasteiger partial charge >= 0.3 is 0 Å². The number of morpholine rings is 1. The van der Waals surface area contributed by atoms with E-state index in [4.69, 9.17) is 21.6 Å². The van der Waals surface area contributed by atoms with Gasteiger partial charge in [-0.3, -0.25) is 24.0 Å². The van der Waals surface area contributed by atoms with Crippen LogP contribution in [0.25, 0.3) is 22.4 Å². The second-order valence-electron chi connectivity index (χ2n) is 11.3. The summed E-state index contributed by atoms with van der Waals surface area (Å²) in [5, 5.41) is 30.4. The third kappa shape index (κ3) is 7.62. The van der Waals surface area contributed by atoms with Crippen molar-refractivity contribution in [2.75, 3.05) is 25.1 Å². The van der Waals surface area contributed by atoms with E-state index in [1.165, 1.54) is 29.6 Å². The number of halogens is 1. The molecule has 3 N–H and O–H groups in total. The van der Waals surface area contributed by atoms with Gasteiger partial charge in [0.2, 0.25) is 5.91 Å². The Morgan fingerprint density at radius 2 is 1.86 bits per heavy atom. The highest BCUT2D eigenvalue weighted by molar-refractivity contribution is 6.31. The first-order valence-corrected chi connectivity index (χ1v) is 16.0. The maximum absolute atomic E-state index is 14.1. The van der Waals surface area contributed by atoms with Crippen LogP contribution in [-0.2, 0) is 20.9 Å². The van der Waals surface area contributed by atoms with Crippen molar-refractivity contribution in [3.8, 4) is 34.2 Å². The number of carbonyl (C=O) groups excluding carboxylic acids is 3. The van der Waals surface area contributed by atoms with Gasteiger partial charge < -0.3 is 25.4 Å². The molecule has 2 aromatic heterocycles. The summed E-state index contributed by atoms with van der Waals surface area (Å²) in [4.78, 5) is 50.2. The molecule has 50 heavy (non-hydrogen) atoms. The summed E-state index contributed by atoms with van der Waals surface area (Å²) in [6.07, 6.45) is 6.17. The van der Waals surface area contributed by atoms with Crippen LogP contribution < -0.4 is 10.6 Å². The Bertz CT molecular complexity index is 2030. The number of anilines is 1. The highest BCUT2D eigenvalue weighted by Crippen LogP contribution is 2.37. The van der Waals surface area contributed by atoms with Gasteiger partial charge in [0.15, 0.2) is 0 Å². The minimum Gasteiger partial charge on any atom is -0.507 e. The first-order valence-electron chi connectivity index (χ1n) is 15.7. The average molecular weight is 691 g/mol. The van der Waals surface area contributed by atoms with Gasteiger partial charge in [-0.2, -0.15) is 10.4 Å². The first-order chi connectivity index (χ1) is 24.3. The van der Waals surface area contributed by atoms with Crippen molar-refractivity contribution in [2.24, 2.45) is 0 Å². The zero-order valence-corrected chi connectivity index (χ0v) is 27.3. The Hall–Kier alpha value is -6.10. The predicted molar refractivity (Wildman–Crippen MR) is 184 cm³/mol.